The van der Waals surface area contributed by atoms with Gasteiger partial charge in [-0.2, -0.15) is 5.26 Å². The van der Waals surface area contributed by atoms with E-state index in [1.165, 1.54) is 6.07 Å². The van der Waals surface area contributed by atoms with Crippen LogP contribution in [0.4, 0.5) is 14.6 Å². The van der Waals surface area contributed by atoms with Gasteiger partial charge in [-0.05, 0) is 30.9 Å². The lowest BCUT2D eigenvalue weighted by atomic mass is 9.78. The van der Waals surface area contributed by atoms with Crippen molar-refractivity contribution in [3.63, 3.8) is 0 Å². The third-order valence-corrected chi connectivity index (χ3v) is 5.95. The van der Waals surface area contributed by atoms with E-state index in [-0.39, 0.29) is 35.5 Å². The van der Waals surface area contributed by atoms with Gasteiger partial charge in [-0.1, -0.05) is 33.6 Å². The second-order valence-corrected chi connectivity index (χ2v) is 8.88. The minimum atomic E-state index is -0.718. The van der Waals surface area contributed by atoms with Crippen LogP contribution in [0.25, 0.3) is 22.3 Å². The molecule has 0 unspecified atom stereocenters. The Morgan fingerprint density at radius 2 is 2.09 bits per heavy atom. The predicted molar refractivity (Wildman–Crippen MR) is 126 cm³/mol. The van der Waals surface area contributed by atoms with Gasteiger partial charge >= 0.3 is 5.97 Å². The summed E-state index contributed by atoms with van der Waals surface area (Å²) in [6.07, 6.45) is 5.40. The third-order valence-electron chi connectivity index (χ3n) is 5.95. The normalized spacial score (nSPS) is 12.4. The first-order valence-electron chi connectivity index (χ1n) is 11.4. The van der Waals surface area contributed by atoms with Gasteiger partial charge in [0, 0.05) is 23.2 Å². The molecule has 3 rings (SSSR count). The smallest absolute Gasteiger partial charge is 0.307 e. The molecule has 0 saturated carbocycles. The number of H-pyrrole nitrogens is 1. The molecule has 1 atom stereocenters. The molecule has 0 aromatic carbocycles. The van der Waals surface area contributed by atoms with Crippen molar-refractivity contribution in [2.75, 3.05) is 11.9 Å². The zero-order chi connectivity index (χ0) is 24.9. The van der Waals surface area contributed by atoms with Crippen LogP contribution >= 0.6 is 0 Å². The molecule has 0 bridgehead atoms. The first kappa shape index (κ1) is 25.1. The number of nitrogens with one attached hydrogen (secondary N) is 2. The molecule has 0 aliphatic heterocycles. The van der Waals surface area contributed by atoms with Gasteiger partial charge < -0.3 is 15.0 Å². The van der Waals surface area contributed by atoms with E-state index in [4.69, 9.17) is 4.74 Å². The second-order valence-electron chi connectivity index (χ2n) is 8.88. The summed E-state index contributed by atoms with van der Waals surface area (Å²) >= 11 is 0. The van der Waals surface area contributed by atoms with Gasteiger partial charge in [0.2, 0.25) is 0 Å². The molecule has 3 aromatic heterocycles. The highest BCUT2D eigenvalue weighted by atomic mass is 19.1. The highest BCUT2D eigenvalue weighted by Gasteiger charge is 2.32. The molecular weight excluding hydrogens is 440 g/mol. The average molecular weight is 470 g/mol. The summed E-state index contributed by atoms with van der Waals surface area (Å²) in [6, 6.07) is 3.87. The average Bonchev–Trinajstić information content (AvgIpc) is 3.21. The zero-order valence-corrected chi connectivity index (χ0v) is 19.8. The van der Waals surface area contributed by atoms with Crippen molar-refractivity contribution in [2.24, 2.45) is 5.41 Å². The summed E-state index contributed by atoms with van der Waals surface area (Å²) < 4.78 is 34.0. The Kier molecular flexibility index (Phi) is 7.82. The highest BCUT2D eigenvalue weighted by Crippen LogP contribution is 2.35. The van der Waals surface area contributed by atoms with Gasteiger partial charge in [-0.25, -0.2) is 18.7 Å². The first-order chi connectivity index (χ1) is 16.2. The Hall–Kier alpha value is -3.54. The quantitative estimate of drug-likeness (QED) is 0.368. The number of pyridine rings is 2. The molecule has 7 nitrogen and oxygen atoms in total. The van der Waals surface area contributed by atoms with Crippen LogP contribution in [0.3, 0.4) is 0 Å². The number of hydrogen-bond donors (Lipinski definition) is 2. The summed E-state index contributed by atoms with van der Waals surface area (Å²) in [6.45, 7) is 8.08. The second kappa shape index (κ2) is 10.6. The van der Waals surface area contributed by atoms with Gasteiger partial charge in [0.25, 0.3) is 0 Å². The van der Waals surface area contributed by atoms with E-state index >= 15 is 4.39 Å². The minimum absolute atomic E-state index is 0.000368. The number of halogens is 2. The molecule has 0 amide bonds. The summed E-state index contributed by atoms with van der Waals surface area (Å²) in [7, 11) is 0. The maximum absolute atomic E-state index is 15.1. The molecular formula is C25H29F2N5O2. The molecule has 0 aliphatic carbocycles. The molecule has 3 aromatic rings. The van der Waals surface area contributed by atoms with Crippen LogP contribution in [0.5, 0.6) is 0 Å². The van der Waals surface area contributed by atoms with Crippen molar-refractivity contribution in [3.8, 4) is 17.3 Å². The van der Waals surface area contributed by atoms with E-state index in [0.29, 0.717) is 16.6 Å². The number of aromatic nitrogens is 3. The standard InChI is InChI=1S/C25H29F2N5O2/c1-5-7-8-25(3,4)20(11-21(33)34-6-2)31-24-19(27)9-15(12-28)22(32-24)18-14-30-23-17(18)10-16(26)13-29-23/h9-10,13-14,20H,5-8,11H2,1-4H3,(H,29,30)(H,31,32)/t20-/m1/s1. The molecule has 180 valence electrons. The number of nitriles is 1. The first-order valence-corrected chi connectivity index (χ1v) is 11.4. The van der Waals surface area contributed by atoms with Crippen molar-refractivity contribution in [1.29, 1.82) is 5.26 Å². The molecule has 34 heavy (non-hydrogen) atoms. The number of carbonyl (C=O) groups is 1. The van der Waals surface area contributed by atoms with Crippen LogP contribution < -0.4 is 5.32 Å². The fourth-order valence-electron chi connectivity index (χ4n) is 3.94. The van der Waals surface area contributed by atoms with Gasteiger partial charge in [0.05, 0.1) is 30.5 Å². The van der Waals surface area contributed by atoms with Gasteiger partial charge in [-0.15, -0.1) is 0 Å². The van der Waals surface area contributed by atoms with Crippen LogP contribution in [0.1, 0.15) is 58.9 Å². The van der Waals surface area contributed by atoms with E-state index in [9.17, 15) is 14.4 Å². The fraction of sp³-hybridized carbons (Fsp3) is 0.440. The maximum atomic E-state index is 15.1. The molecule has 0 radical (unpaired) electrons. The van der Waals surface area contributed by atoms with Crippen molar-refractivity contribution in [2.45, 2.75) is 59.4 Å². The summed E-state index contributed by atoms with van der Waals surface area (Å²) in [5, 5.41) is 13.1. The van der Waals surface area contributed by atoms with Crippen LogP contribution in [0.15, 0.2) is 24.5 Å². The number of nitrogens with zero attached hydrogens (tertiary/aromatic N) is 3. The number of hydrogen-bond acceptors (Lipinski definition) is 6. The Bertz CT molecular complexity index is 1220. The number of aromatic amines is 1. The lowest BCUT2D eigenvalue weighted by Crippen LogP contribution is -2.39. The van der Waals surface area contributed by atoms with Crippen molar-refractivity contribution < 1.29 is 18.3 Å². The third kappa shape index (κ3) is 5.50. The topological polar surface area (TPSA) is 104 Å². The molecule has 0 aliphatic rings. The minimum Gasteiger partial charge on any atom is -0.466 e. The maximum Gasteiger partial charge on any atom is 0.307 e. The van der Waals surface area contributed by atoms with Crippen LogP contribution in [0.2, 0.25) is 0 Å². The van der Waals surface area contributed by atoms with E-state index in [1.54, 1.807) is 13.1 Å². The Morgan fingerprint density at radius 1 is 1.32 bits per heavy atom. The molecule has 9 heteroatoms. The van der Waals surface area contributed by atoms with Crippen LogP contribution in [-0.2, 0) is 9.53 Å². The number of esters is 1. The van der Waals surface area contributed by atoms with Crippen LogP contribution in [0, 0.1) is 28.4 Å². The number of rotatable bonds is 10. The summed E-state index contributed by atoms with van der Waals surface area (Å²) in [4.78, 5) is 23.7. The molecule has 0 spiro atoms. The van der Waals surface area contributed by atoms with Gasteiger partial charge in [-0.3, -0.25) is 4.79 Å². The summed E-state index contributed by atoms with van der Waals surface area (Å²) in [5.74, 6) is -1.74. The number of ether oxygens (including phenoxy) is 1. The number of fused-ring (bicyclic) bond motifs is 1. The predicted octanol–water partition coefficient (Wildman–Crippen LogP) is 5.72. The molecule has 2 N–H and O–H groups in total. The molecule has 3 heterocycles. The highest BCUT2D eigenvalue weighted by molar-refractivity contribution is 5.94. The van der Waals surface area contributed by atoms with Crippen molar-refractivity contribution in [3.05, 3.63) is 41.7 Å². The Balaban J connectivity index is 2.06. The molecule has 0 fully saturated rings. The molecule has 0 saturated heterocycles. The van der Waals surface area contributed by atoms with Gasteiger partial charge in [0.1, 0.15) is 17.5 Å². The van der Waals surface area contributed by atoms with Gasteiger partial charge in [0.15, 0.2) is 11.6 Å². The zero-order valence-electron chi connectivity index (χ0n) is 19.8. The largest absolute Gasteiger partial charge is 0.466 e. The fourth-order valence-corrected chi connectivity index (χ4v) is 3.94. The number of carbonyl (C=O) groups excluding carboxylic acids is 1. The number of unbranched alkanes of at least 4 members (excludes halogenated alkanes) is 1. The van der Waals surface area contributed by atoms with E-state index in [2.05, 4.69) is 27.2 Å². The number of anilines is 1. The Morgan fingerprint density at radius 3 is 2.76 bits per heavy atom. The lowest BCUT2D eigenvalue weighted by Gasteiger charge is -2.35. The Labute approximate surface area is 197 Å². The van der Waals surface area contributed by atoms with E-state index in [1.807, 2.05) is 19.9 Å². The van der Waals surface area contributed by atoms with E-state index in [0.717, 1.165) is 31.5 Å². The monoisotopic (exact) mass is 469 g/mol. The van der Waals surface area contributed by atoms with E-state index < -0.39 is 23.6 Å². The lowest BCUT2D eigenvalue weighted by molar-refractivity contribution is -0.144. The van der Waals surface area contributed by atoms with Crippen molar-refractivity contribution in [1.82, 2.24) is 15.0 Å². The van der Waals surface area contributed by atoms with Crippen LogP contribution in [-0.4, -0.2) is 33.6 Å². The van der Waals surface area contributed by atoms with Crippen molar-refractivity contribution >= 4 is 22.8 Å². The summed E-state index contributed by atoms with van der Waals surface area (Å²) in [5.41, 5.74) is 0.654. The SMILES string of the molecule is CCCCC(C)(C)[C@@H](CC(=O)OCC)Nc1nc(-c2c[nH]c3ncc(F)cc23)c(C#N)cc1F.